The van der Waals surface area contributed by atoms with Gasteiger partial charge in [0, 0.05) is 34.6 Å². The van der Waals surface area contributed by atoms with Crippen LogP contribution in [0.1, 0.15) is 5.82 Å². The lowest BCUT2D eigenvalue weighted by molar-refractivity contribution is -0.150. The largest absolute Gasteiger partial charge is 0.477 e. The SMILES string of the molecule is CON=C(C(=O)NC1C(=O)N2C(C(=O)O)=C(C=CSc3cccnc3)CS[C@@H]12)c1nsc(N)n1. The molecule has 0 bridgehead atoms. The number of amides is 2. The molecule has 0 spiro atoms. The second-order valence-electron chi connectivity index (χ2n) is 6.73. The Hall–Kier alpha value is -3.43. The van der Waals surface area contributed by atoms with Gasteiger partial charge in [0.1, 0.15) is 24.2 Å². The molecule has 1 fully saturated rings. The smallest absolute Gasteiger partial charge is 0.352 e. The van der Waals surface area contributed by atoms with Crippen LogP contribution in [0.4, 0.5) is 5.13 Å². The summed E-state index contributed by atoms with van der Waals surface area (Å²) in [5.74, 6) is -2.20. The summed E-state index contributed by atoms with van der Waals surface area (Å²) in [6.07, 6.45) is 5.02. The van der Waals surface area contributed by atoms with E-state index in [9.17, 15) is 19.5 Å². The molecule has 0 saturated carbocycles. The fourth-order valence-electron chi connectivity index (χ4n) is 3.20. The molecule has 4 heterocycles. The highest BCUT2D eigenvalue weighted by molar-refractivity contribution is 8.02. The minimum absolute atomic E-state index is 0.0357. The zero-order valence-corrected chi connectivity index (χ0v) is 19.9. The molecule has 0 aliphatic carbocycles. The first-order valence-corrected chi connectivity index (χ1v) is 12.3. The van der Waals surface area contributed by atoms with Gasteiger partial charge >= 0.3 is 5.97 Å². The topological polar surface area (TPSA) is 173 Å². The number of nitrogens with zero attached hydrogens (tertiary/aromatic N) is 5. The van der Waals surface area contributed by atoms with E-state index >= 15 is 0 Å². The van der Waals surface area contributed by atoms with E-state index in [1.807, 2.05) is 6.07 Å². The van der Waals surface area contributed by atoms with Crippen molar-refractivity contribution in [3.05, 3.63) is 53.1 Å². The minimum atomic E-state index is -1.22. The van der Waals surface area contributed by atoms with Gasteiger partial charge in [0.05, 0.1) is 0 Å². The van der Waals surface area contributed by atoms with Crippen molar-refractivity contribution in [2.75, 3.05) is 18.6 Å². The number of rotatable bonds is 8. The van der Waals surface area contributed by atoms with Crippen molar-refractivity contribution < 1.29 is 24.3 Å². The van der Waals surface area contributed by atoms with Gasteiger partial charge in [0.15, 0.2) is 5.13 Å². The van der Waals surface area contributed by atoms with E-state index < -0.39 is 29.2 Å². The van der Waals surface area contributed by atoms with Crippen LogP contribution >= 0.6 is 35.1 Å². The Morgan fingerprint density at radius 3 is 2.94 bits per heavy atom. The predicted molar refractivity (Wildman–Crippen MR) is 127 cm³/mol. The van der Waals surface area contributed by atoms with E-state index in [0.717, 1.165) is 16.4 Å². The van der Waals surface area contributed by atoms with Gasteiger partial charge in [-0.25, -0.2) is 4.79 Å². The maximum absolute atomic E-state index is 12.9. The van der Waals surface area contributed by atoms with E-state index in [-0.39, 0.29) is 22.4 Å². The van der Waals surface area contributed by atoms with Crippen LogP contribution < -0.4 is 11.1 Å². The Kier molecular flexibility index (Phi) is 7.14. The summed E-state index contributed by atoms with van der Waals surface area (Å²) in [6, 6.07) is 2.73. The Labute approximate surface area is 205 Å². The van der Waals surface area contributed by atoms with Crippen LogP contribution in [-0.2, 0) is 19.2 Å². The fourth-order valence-corrected chi connectivity index (χ4v) is 5.62. The molecule has 0 aromatic carbocycles. The highest BCUT2D eigenvalue weighted by Crippen LogP contribution is 2.41. The fraction of sp³-hybridized carbons (Fsp3) is 0.211. The number of carboxylic acids is 1. The van der Waals surface area contributed by atoms with Gasteiger partial charge in [0.2, 0.25) is 11.5 Å². The molecule has 176 valence electrons. The number of hydrogen-bond donors (Lipinski definition) is 3. The molecule has 4 N–H and O–H groups in total. The number of oxime groups is 1. The van der Waals surface area contributed by atoms with Gasteiger partial charge < -0.3 is 21.0 Å². The average molecular weight is 520 g/mol. The molecule has 15 heteroatoms. The number of carboxylic acid groups (broad SMARTS) is 1. The third-order valence-corrected chi connectivity index (χ3v) is 7.28. The number of nitrogen functional groups attached to an aromatic ring is 1. The van der Waals surface area contributed by atoms with Gasteiger partial charge in [-0.3, -0.25) is 19.5 Å². The van der Waals surface area contributed by atoms with Gasteiger partial charge in [0.25, 0.3) is 11.8 Å². The number of fused-ring (bicyclic) bond motifs is 1. The van der Waals surface area contributed by atoms with Crippen LogP contribution in [0.15, 0.2) is 57.3 Å². The molecule has 2 aliphatic heterocycles. The first-order valence-electron chi connectivity index (χ1n) is 9.56. The molecule has 2 aromatic rings. The highest BCUT2D eigenvalue weighted by Gasteiger charge is 2.54. The summed E-state index contributed by atoms with van der Waals surface area (Å²) in [7, 11) is 1.25. The number of aromatic nitrogens is 3. The van der Waals surface area contributed by atoms with E-state index in [1.165, 1.54) is 35.5 Å². The summed E-state index contributed by atoms with van der Waals surface area (Å²) >= 11 is 3.60. The van der Waals surface area contributed by atoms with Crippen molar-refractivity contribution in [1.29, 1.82) is 0 Å². The lowest BCUT2D eigenvalue weighted by Gasteiger charge is -2.49. The number of anilines is 1. The number of β-lactam (4-membered cyclic amide) rings is 1. The lowest BCUT2D eigenvalue weighted by Crippen LogP contribution is -2.71. The third kappa shape index (κ3) is 4.76. The number of carbonyl (C=O) groups excluding carboxylic acids is 2. The van der Waals surface area contributed by atoms with E-state index in [1.54, 1.807) is 29.9 Å². The van der Waals surface area contributed by atoms with Crippen LogP contribution in [0, 0.1) is 0 Å². The first kappa shape index (κ1) is 23.7. The van der Waals surface area contributed by atoms with Gasteiger partial charge in [-0.1, -0.05) is 16.9 Å². The molecule has 1 saturated heterocycles. The highest BCUT2D eigenvalue weighted by atomic mass is 32.2. The Bertz CT molecular complexity index is 1210. The Morgan fingerprint density at radius 1 is 1.47 bits per heavy atom. The first-order chi connectivity index (χ1) is 16.4. The summed E-state index contributed by atoms with van der Waals surface area (Å²) in [6.45, 7) is 0. The van der Waals surface area contributed by atoms with E-state index in [4.69, 9.17) is 10.6 Å². The van der Waals surface area contributed by atoms with Crippen LogP contribution in [-0.4, -0.2) is 72.1 Å². The normalized spacial score (nSPS) is 20.2. The number of allylic oxidation sites excluding steroid dienone is 1. The molecule has 1 unspecified atom stereocenters. The van der Waals surface area contributed by atoms with Crippen molar-refractivity contribution in [2.24, 2.45) is 5.16 Å². The number of aliphatic carboxylic acids is 1. The summed E-state index contributed by atoms with van der Waals surface area (Å²) in [4.78, 5) is 52.3. The number of hydrogen-bond acceptors (Lipinski definition) is 12. The number of carbonyl (C=O) groups is 3. The number of pyridine rings is 1. The number of nitrogens with two attached hydrogens (primary N) is 1. The standard InChI is InChI=1S/C19H17N7O5S3/c1-31-24-11(14-23-19(20)34-25-14)15(27)22-12-16(28)26-13(18(29)30)9(8-33-17(12)26)4-6-32-10-3-2-5-21-7-10/h2-7,12,17H,8H2,1H3,(H,22,27)(H,29,30)(H2,20,23,25)/t12?,17-/m0/s1. The zero-order chi connectivity index (χ0) is 24.2. The van der Waals surface area contributed by atoms with E-state index in [2.05, 4.69) is 24.8 Å². The molecule has 2 amide bonds. The monoisotopic (exact) mass is 519 g/mol. The molecule has 2 aromatic heterocycles. The van der Waals surface area contributed by atoms with Crippen LogP contribution in [0.5, 0.6) is 0 Å². The summed E-state index contributed by atoms with van der Waals surface area (Å²) in [5.41, 5.74) is 5.71. The van der Waals surface area contributed by atoms with Crippen molar-refractivity contribution in [3.63, 3.8) is 0 Å². The average Bonchev–Trinajstić information content (AvgIpc) is 3.26. The number of thioether (sulfide) groups is 2. The molecule has 4 rings (SSSR count). The lowest BCUT2D eigenvalue weighted by atomic mass is 10.0. The zero-order valence-electron chi connectivity index (χ0n) is 17.4. The molecule has 2 atom stereocenters. The van der Waals surface area contributed by atoms with Crippen molar-refractivity contribution >= 4 is 63.7 Å². The molecule has 34 heavy (non-hydrogen) atoms. The van der Waals surface area contributed by atoms with Gasteiger partial charge in [-0.05, 0) is 29.2 Å². The third-order valence-electron chi connectivity index (χ3n) is 4.65. The van der Waals surface area contributed by atoms with Crippen LogP contribution in [0.3, 0.4) is 0 Å². The Morgan fingerprint density at radius 2 is 2.29 bits per heavy atom. The van der Waals surface area contributed by atoms with Crippen molar-refractivity contribution in [1.82, 2.24) is 24.6 Å². The van der Waals surface area contributed by atoms with Crippen molar-refractivity contribution in [3.8, 4) is 0 Å². The predicted octanol–water partition coefficient (Wildman–Crippen LogP) is 0.910. The van der Waals surface area contributed by atoms with Gasteiger partial charge in [-0.2, -0.15) is 9.36 Å². The maximum Gasteiger partial charge on any atom is 0.352 e. The minimum Gasteiger partial charge on any atom is -0.477 e. The van der Waals surface area contributed by atoms with Crippen LogP contribution in [0.25, 0.3) is 0 Å². The second-order valence-corrected chi connectivity index (χ2v) is 9.60. The Balaban J connectivity index is 1.49. The maximum atomic E-state index is 12.9. The van der Waals surface area contributed by atoms with Crippen LogP contribution in [0.2, 0.25) is 0 Å². The molecular weight excluding hydrogens is 502 g/mol. The van der Waals surface area contributed by atoms with E-state index in [0.29, 0.717) is 11.3 Å². The second kappa shape index (κ2) is 10.2. The number of nitrogens with one attached hydrogen (secondary N) is 1. The quantitative estimate of drug-likeness (QED) is 0.196. The molecule has 2 aliphatic rings. The summed E-state index contributed by atoms with van der Waals surface area (Å²) < 4.78 is 3.94. The van der Waals surface area contributed by atoms with Gasteiger partial charge in [-0.15, -0.1) is 11.8 Å². The molecule has 0 radical (unpaired) electrons. The molecule has 12 nitrogen and oxygen atoms in total. The molecular formula is C19H17N7O5S3. The van der Waals surface area contributed by atoms with Crippen molar-refractivity contribution in [2.45, 2.75) is 16.3 Å². The summed E-state index contributed by atoms with van der Waals surface area (Å²) in [5, 5.41) is 17.3.